The molecule has 8 rings (SSSR count). The standard InChI is InChI=1S/C49H41N9O6.3O3S/c1-29-21-36(51-53-39-13-7-9-30-10-8-14-45(61)48(30)39)17-20-38(29)52-55-41-25-47(64-3)44(24-32(41)27-59)58-56-42-26-46(63-2)43(23-33(42)28-60)57-54-40-19-15-31-22-35(16-18-37(31)49(40)62)50-34-11-5-4-6-12-34;3*1-4(2)3/h4-26,50,59-62H,27-28H2,1-3H3;;;. The normalized spacial score (nSPS) is 10.9. The molecule has 0 saturated carbocycles. The van der Waals surface area contributed by atoms with Crippen molar-refractivity contribution in [1.29, 1.82) is 0 Å². The second-order valence-corrected chi connectivity index (χ2v) is 16.2. The number of aliphatic hydroxyl groups excluding tert-OH is 2. The molecule has 0 fully saturated rings. The number of phenols is 2. The second-order valence-electron chi connectivity index (χ2n) is 15.0. The van der Waals surface area contributed by atoms with E-state index in [2.05, 4.69) is 46.2 Å². The molecule has 390 valence electrons. The van der Waals surface area contributed by atoms with Gasteiger partial charge in [0.2, 0.25) is 0 Å². The number of nitrogens with one attached hydrogen (secondary N) is 1. The zero-order valence-corrected chi connectivity index (χ0v) is 42.2. The van der Waals surface area contributed by atoms with Crippen molar-refractivity contribution < 1.29 is 67.8 Å². The molecule has 76 heavy (non-hydrogen) atoms. The Hall–Kier alpha value is -9.54. The first kappa shape index (κ1) is 57.4. The van der Waals surface area contributed by atoms with Crippen LogP contribution in [-0.2, 0) is 45.0 Å². The van der Waals surface area contributed by atoms with Crippen molar-refractivity contribution in [3.05, 3.63) is 156 Å². The molecule has 0 atom stereocenters. The highest BCUT2D eigenvalue weighted by molar-refractivity contribution is 7.59. The summed E-state index contributed by atoms with van der Waals surface area (Å²) in [6, 6.07) is 41.5. The number of hydrogen-bond donors (Lipinski definition) is 5. The van der Waals surface area contributed by atoms with Crippen LogP contribution in [0.5, 0.6) is 23.0 Å². The summed E-state index contributed by atoms with van der Waals surface area (Å²) in [7, 11) is -6.39. The first-order valence-corrected chi connectivity index (χ1v) is 24.4. The fourth-order valence-electron chi connectivity index (χ4n) is 6.91. The molecular weight excluding hydrogens is 1050 g/mol. The lowest BCUT2D eigenvalue weighted by molar-refractivity contribution is 0.282. The van der Waals surface area contributed by atoms with Gasteiger partial charge in [-0.1, -0.05) is 48.5 Å². The summed E-state index contributed by atoms with van der Waals surface area (Å²) in [6.45, 7) is 1.09. The Kier molecular flexibility index (Phi) is 21.2. The highest BCUT2D eigenvalue weighted by Gasteiger charge is 2.15. The minimum absolute atomic E-state index is 0.0346. The minimum Gasteiger partial charge on any atom is -0.507 e. The quantitative estimate of drug-likeness (QED) is 0.0632. The number of benzene rings is 8. The monoisotopic (exact) mass is 1090 g/mol. The van der Waals surface area contributed by atoms with Gasteiger partial charge in [-0.05, 0) is 102 Å². The summed E-state index contributed by atoms with van der Waals surface area (Å²) < 4.78 is 87.2. The molecule has 5 N–H and O–H groups in total. The van der Waals surface area contributed by atoms with Crippen LogP contribution in [0.15, 0.2) is 180 Å². The van der Waals surface area contributed by atoms with Gasteiger partial charge in [-0.15, -0.1) is 63.5 Å². The van der Waals surface area contributed by atoms with E-state index in [-0.39, 0.29) is 35.2 Å². The van der Waals surface area contributed by atoms with Crippen LogP contribution < -0.4 is 14.8 Å². The van der Waals surface area contributed by atoms with E-state index < -0.39 is 38.4 Å². The molecule has 0 aliphatic rings. The fraction of sp³-hybridized carbons (Fsp3) is 0.102. The predicted molar refractivity (Wildman–Crippen MR) is 276 cm³/mol. The molecule has 0 heterocycles. The average molecular weight is 1090 g/mol. The molecule has 0 bridgehead atoms. The molecule has 0 radical (unpaired) electrons. The molecule has 0 amide bonds. The number of hydrogen-bond acceptors (Lipinski definition) is 24. The Bertz CT molecular complexity index is 3800. The van der Waals surface area contributed by atoms with Crippen molar-refractivity contribution in [2.24, 2.45) is 40.9 Å². The van der Waals surface area contributed by atoms with Crippen LogP contribution in [0.25, 0.3) is 21.5 Å². The topological polar surface area (TPSA) is 364 Å². The number of methoxy groups -OCH3 is 2. The molecule has 27 heteroatoms. The number of rotatable bonds is 14. The average Bonchev–Trinajstić information content (AvgIpc) is 3.39. The molecule has 0 aliphatic heterocycles. The number of aryl methyl sites for hydroxylation is 1. The molecular formula is C49H41N9O15S3. The van der Waals surface area contributed by atoms with Gasteiger partial charge >= 0.3 is 31.8 Å². The van der Waals surface area contributed by atoms with E-state index in [4.69, 9.17) is 47.4 Å². The highest BCUT2D eigenvalue weighted by Crippen LogP contribution is 2.42. The van der Waals surface area contributed by atoms with E-state index >= 15 is 0 Å². The smallest absolute Gasteiger partial charge is 0.425 e. The molecule has 8 aromatic rings. The first-order chi connectivity index (χ1) is 36.4. The van der Waals surface area contributed by atoms with E-state index in [1.807, 2.05) is 85.8 Å². The maximum absolute atomic E-state index is 11.1. The Morgan fingerprint density at radius 3 is 1.49 bits per heavy atom. The number of aromatic hydroxyl groups is 2. The molecule has 0 saturated heterocycles. The Morgan fingerprint density at radius 2 is 0.947 bits per heavy atom. The van der Waals surface area contributed by atoms with Gasteiger partial charge in [-0.25, -0.2) is 0 Å². The number of azo groups is 4. The molecule has 8 aromatic carbocycles. The summed E-state index contributed by atoms with van der Waals surface area (Å²) in [6.07, 6.45) is 0. The Labute approximate surface area is 435 Å². The maximum Gasteiger partial charge on any atom is 0.425 e. The zero-order valence-electron chi connectivity index (χ0n) is 39.8. The number of phenolic OH excluding ortho intramolecular Hbond substituents is 2. The third kappa shape index (κ3) is 16.5. The van der Waals surface area contributed by atoms with Crippen molar-refractivity contribution in [1.82, 2.24) is 0 Å². The number of anilines is 2. The van der Waals surface area contributed by atoms with Crippen LogP contribution in [0.3, 0.4) is 0 Å². The third-order valence-electron chi connectivity index (χ3n) is 10.2. The second kappa shape index (κ2) is 28.1. The number of aliphatic hydroxyl groups is 2. The number of nitrogens with zero attached hydrogens (tertiary/aromatic N) is 8. The van der Waals surface area contributed by atoms with Gasteiger partial charge in [-0.3, -0.25) is 0 Å². The summed E-state index contributed by atoms with van der Waals surface area (Å²) in [4.78, 5) is 0. The summed E-state index contributed by atoms with van der Waals surface area (Å²) in [5.74, 6) is 0.697. The molecule has 0 unspecified atom stereocenters. The molecule has 0 spiro atoms. The van der Waals surface area contributed by atoms with Gasteiger partial charge in [-0.2, -0.15) is 15.3 Å². The van der Waals surface area contributed by atoms with E-state index in [9.17, 15) is 20.4 Å². The van der Waals surface area contributed by atoms with Crippen LogP contribution in [0.4, 0.5) is 56.9 Å². The van der Waals surface area contributed by atoms with Crippen molar-refractivity contribution in [3.63, 3.8) is 0 Å². The highest BCUT2D eigenvalue weighted by atomic mass is 32.2. The largest absolute Gasteiger partial charge is 0.507 e. The van der Waals surface area contributed by atoms with Crippen LogP contribution in [0, 0.1) is 6.92 Å². The van der Waals surface area contributed by atoms with E-state index in [0.29, 0.717) is 61.8 Å². The van der Waals surface area contributed by atoms with Crippen LogP contribution in [-0.4, -0.2) is 72.5 Å². The molecule has 0 aliphatic carbocycles. The zero-order chi connectivity index (χ0) is 55.3. The van der Waals surface area contributed by atoms with Crippen LogP contribution >= 0.6 is 0 Å². The van der Waals surface area contributed by atoms with Crippen molar-refractivity contribution in [2.45, 2.75) is 20.1 Å². The van der Waals surface area contributed by atoms with Crippen molar-refractivity contribution in [3.8, 4) is 23.0 Å². The van der Waals surface area contributed by atoms with Crippen LogP contribution in [0.2, 0.25) is 0 Å². The Balaban J connectivity index is 0.000000806. The van der Waals surface area contributed by atoms with Crippen molar-refractivity contribution in [2.75, 3.05) is 19.5 Å². The van der Waals surface area contributed by atoms with Crippen LogP contribution in [0.1, 0.15) is 16.7 Å². The van der Waals surface area contributed by atoms with E-state index in [1.165, 1.54) is 14.2 Å². The summed E-state index contributed by atoms with van der Waals surface area (Å²) in [5.41, 5.74) is 6.56. The lowest BCUT2D eigenvalue weighted by atomic mass is 10.1. The molecule has 24 nitrogen and oxygen atoms in total. The van der Waals surface area contributed by atoms with Gasteiger partial charge in [0.05, 0.1) is 61.3 Å². The Morgan fingerprint density at radius 1 is 0.447 bits per heavy atom. The van der Waals surface area contributed by atoms with Gasteiger partial charge in [0.1, 0.15) is 34.3 Å². The predicted octanol–water partition coefficient (Wildman–Crippen LogP) is 11.1. The first-order valence-electron chi connectivity index (χ1n) is 21.4. The third-order valence-corrected chi connectivity index (χ3v) is 10.2. The number of ether oxygens (including phenoxy) is 2. The fourth-order valence-corrected chi connectivity index (χ4v) is 6.91. The maximum atomic E-state index is 11.1. The number of fused-ring (bicyclic) bond motifs is 2. The van der Waals surface area contributed by atoms with Gasteiger partial charge in [0.15, 0.2) is 5.75 Å². The lowest BCUT2D eigenvalue weighted by Gasteiger charge is -2.11. The lowest BCUT2D eigenvalue weighted by Crippen LogP contribution is -1.90. The van der Waals surface area contributed by atoms with Crippen molar-refractivity contribution >= 4 is 110 Å². The summed E-state index contributed by atoms with van der Waals surface area (Å²) >= 11 is 0. The molecule has 0 aromatic heterocycles. The summed E-state index contributed by atoms with van der Waals surface area (Å²) in [5, 5.41) is 83.5. The van der Waals surface area contributed by atoms with Gasteiger partial charge in [0.25, 0.3) is 0 Å². The van der Waals surface area contributed by atoms with Gasteiger partial charge < -0.3 is 35.2 Å². The minimum atomic E-state index is -3.11. The van der Waals surface area contributed by atoms with E-state index in [0.717, 1.165) is 27.7 Å². The van der Waals surface area contributed by atoms with Gasteiger partial charge in [0, 0.05) is 40.0 Å². The number of para-hydroxylation sites is 1. The van der Waals surface area contributed by atoms with E-state index in [1.54, 1.807) is 60.7 Å². The SMILES string of the molecule is COc1cc(N=Nc2ccc(N=Nc3cccc4cccc(O)c34)cc2C)c(CO)cc1N=Nc1cc(OC)c(N=Nc2ccc3cc(Nc4ccccc4)ccc3c2O)cc1CO.O=S(=O)=O.O=S(=O)=O.O=S(=O)=O.